The van der Waals surface area contributed by atoms with Crippen LogP contribution in [0.2, 0.25) is 0 Å². The first-order chi connectivity index (χ1) is 15.8. The second-order valence-electron chi connectivity index (χ2n) is 8.26. The van der Waals surface area contributed by atoms with E-state index >= 15 is 0 Å². The van der Waals surface area contributed by atoms with Crippen molar-refractivity contribution in [3.8, 4) is 0 Å². The third-order valence-corrected chi connectivity index (χ3v) is 6.04. The van der Waals surface area contributed by atoms with E-state index in [-0.39, 0.29) is 0 Å². The van der Waals surface area contributed by atoms with Crippen LogP contribution in [-0.4, -0.2) is 56.6 Å². The van der Waals surface area contributed by atoms with E-state index in [4.69, 9.17) is 4.98 Å². The van der Waals surface area contributed by atoms with Crippen LogP contribution in [0.4, 0.5) is 11.9 Å². The van der Waals surface area contributed by atoms with Gasteiger partial charge in [0.05, 0.1) is 17.6 Å². The molecule has 0 unspecified atom stereocenters. The number of rotatable bonds is 8. The summed E-state index contributed by atoms with van der Waals surface area (Å²) in [6, 6.07) is 21.2. The lowest BCUT2D eigenvalue weighted by atomic mass is 10.1. The van der Waals surface area contributed by atoms with Crippen molar-refractivity contribution in [1.82, 2.24) is 24.4 Å². The number of fused-ring (bicyclic) bond motifs is 1. The maximum atomic E-state index is 4.92. The van der Waals surface area contributed by atoms with Gasteiger partial charge in [0.1, 0.15) is 0 Å². The first-order valence-electron chi connectivity index (χ1n) is 11.3. The first kappa shape index (κ1) is 20.5. The fourth-order valence-corrected chi connectivity index (χ4v) is 4.31. The number of nitrogens with zero attached hydrogens (tertiary/aromatic N) is 5. The minimum absolute atomic E-state index is 0.433. The van der Waals surface area contributed by atoms with Crippen LogP contribution in [0, 0.1) is 0 Å². The van der Waals surface area contributed by atoms with Gasteiger partial charge >= 0.3 is 0 Å². The molecule has 7 nitrogen and oxygen atoms in total. The van der Waals surface area contributed by atoms with Gasteiger partial charge < -0.3 is 20.1 Å². The Bertz CT molecular complexity index is 1120. The lowest BCUT2D eigenvalue weighted by Gasteiger charge is -2.32. The standard InChI is InChI=1S/C25H29N7/c1-2-7-20(8-3-1)19-32-23-10-5-4-9-22(23)30-25(32)29-21-11-16-31(17-12-21)18-15-28-24-26-13-6-14-27-24/h1-10,13-14,21H,11-12,15-19H2,(H,29,30)(H,26,27,28). The van der Waals surface area contributed by atoms with Crippen LogP contribution in [0.15, 0.2) is 73.1 Å². The molecule has 1 aliphatic heterocycles. The van der Waals surface area contributed by atoms with Crippen molar-refractivity contribution in [1.29, 1.82) is 0 Å². The molecule has 1 aliphatic rings. The SMILES string of the molecule is c1ccc(Cn2c(NC3CCN(CCNc4ncccn4)CC3)nc3ccccc32)cc1. The number of benzene rings is 2. The quantitative estimate of drug-likeness (QED) is 0.445. The number of para-hydroxylation sites is 2. The highest BCUT2D eigenvalue weighted by Gasteiger charge is 2.21. The predicted molar refractivity (Wildman–Crippen MR) is 129 cm³/mol. The summed E-state index contributed by atoms with van der Waals surface area (Å²) in [7, 11) is 0. The zero-order valence-corrected chi connectivity index (χ0v) is 18.2. The molecule has 2 aromatic carbocycles. The molecule has 2 N–H and O–H groups in total. The maximum absolute atomic E-state index is 4.92. The molecular weight excluding hydrogens is 398 g/mol. The number of nitrogens with one attached hydrogen (secondary N) is 2. The number of hydrogen-bond acceptors (Lipinski definition) is 6. The second kappa shape index (κ2) is 9.78. The van der Waals surface area contributed by atoms with E-state index in [9.17, 15) is 0 Å². The molecule has 32 heavy (non-hydrogen) atoms. The molecule has 0 amide bonds. The van der Waals surface area contributed by atoms with Crippen LogP contribution in [-0.2, 0) is 6.54 Å². The number of piperidine rings is 1. The largest absolute Gasteiger partial charge is 0.353 e. The summed E-state index contributed by atoms with van der Waals surface area (Å²) in [5.41, 5.74) is 3.49. The Hall–Kier alpha value is -3.45. The van der Waals surface area contributed by atoms with Gasteiger partial charge in [-0.3, -0.25) is 0 Å². The average Bonchev–Trinajstić information content (AvgIpc) is 3.18. The second-order valence-corrected chi connectivity index (χ2v) is 8.26. The van der Waals surface area contributed by atoms with E-state index in [1.54, 1.807) is 12.4 Å². The Kier molecular flexibility index (Phi) is 6.25. The molecule has 1 fully saturated rings. The van der Waals surface area contributed by atoms with Crippen molar-refractivity contribution in [2.24, 2.45) is 0 Å². The van der Waals surface area contributed by atoms with Crippen molar-refractivity contribution in [2.75, 3.05) is 36.8 Å². The summed E-state index contributed by atoms with van der Waals surface area (Å²) in [5, 5.41) is 7.05. The summed E-state index contributed by atoms with van der Waals surface area (Å²) < 4.78 is 2.31. The molecule has 7 heteroatoms. The zero-order valence-electron chi connectivity index (χ0n) is 18.2. The molecule has 2 aromatic heterocycles. The third-order valence-electron chi connectivity index (χ3n) is 6.04. The van der Waals surface area contributed by atoms with E-state index in [1.165, 1.54) is 11.1 Å². The molecule has 0 aliphatic carbocycles. The minimum Gasteiger partial charge on any atom is -0.353 e. The lowest BCUT2D eigenvalue weighted by molar-refractivity contribution is 0.226. The van der Waals surface area contributed by atoms with Crippen LogP contribution < -0.4 is 10.6 Å². The fraction of sp³-hybridized carbons (Fsp3) is 0.320. The van der Waals surface area contributed by atoms with Crippen LogP contribution in [0.5, 0.6) is 0 Å². The van der Waals surface area contributed by atoms with Gasteiger partial charge in [-0.05, 0) is 36.6 Å². The molecule has 0 spiro atoms. The Morgan fingerprint density at radius 3 is 2.44 bits per heavy atom. The summed E-state index contributed by atoms with van der Waals surface area (Å²) in [5.74, 6) is 1.66. The topological polar surface area (TPSA) is 70.9 Å². The van der Waals surface area contributed by atoms with Crippen LogP contribution >= 0.6 is 0 Å². The fourth-order valence-electron chi connectivity index (χ4n) is 4.31. The molecule has 3 heterocycles. The van der Waals surface area contributed by atoms with E-state index in [0.717, 1.165) is 57.0 Å². The van der Waals surface area contributed by atoms with Crippen molar-refractivity contribution < 1.29 is 0 Å². The molecule has 1 saturated heterocycles. The highest BCUT2D eigenvalue weighted by Crippen LogP contribution is 2.23. The molecule has 5 rings (SSSR count). The van der Waals surface area contributed by atoms with Crippen molar-refractivity contribution in [3.05, 3.63) is 78.6 Å². The highest BCUT2D eigenvalue weighted by atomic mass is 15.2. The summed E-state index contributed by atoms with van der Waals surface area (Å²) >= 11 is 0. The van der Waals surface area contributed by atoms with Crippen LogP contribution in [0.25, 0.3) is 11.0 Å². The van der Waals surface area contributed by atoms with Crippen molar-refractivity contribution in [3.63, 3.8) is 0 Å². The molecule has 4 aromatic rings. The average molecular weight is 428 g/mol. The summed E-state index contributed by atoms with van der Waals surface area (Å²) in [4.78, 5) is 15.9. The summed E-state index contributed by atoms with van der Waals surface area (Å²) in [6.45, 7) is 4.82. The number of likely N-dealkylation sites (tertiary alicyclic amines) is 1. The normalized spacial score (nSPS) is 15.1. The molecule has 0 radical (unpaired) electrons. The smallest absolute Gasteiger partial charge is 0.222 e. The number of anilines is 2. The van der Waals surface area contributed by atoms with E-state index in [2.05, 4.69) is 84.7 Å². The van der Waals surface area contributed by atoms with Gasteiger partial charge in [-0.2, -0.15) is 0 Å². The monoisotopic (exact) mass is 427 g/mol. The Balaban J connectivity index is 1.19. The predicted octanol–water partition coefficient (Wildman–Crippen LogP) is 3.86. The van der Waals surface area contributed by atoms with E-state index < -0.39 is 0 Å². The van der Waals surface area contributed by atoms with Gasteiger partial charge in [-0.1, -0.05) is 42.5 Å². The van der Waals surface area contributed by atoms with E-state index in [0.29, 0.717) is 12.0 Å². The van der Waals surface area contributed by atoms with Gasteiger partial charge in [0, 0.05) is 44.6 Å². The molecular formula is C25H29N7. The van der Waals surface area contributed by atoms with Crippen molar-refractivity contribution >= 4 is 22.9 Å². The van der Waals surface area contributed by atoms with Gasteiger partial charge in [0.25, 0.3) is 0 Å². The van der Waals surface area contributed by atoms with Gasteiger partial charge in [0.15, 0.2) is 0 Å². The third kappa shape index (κ3) is 4.89. The Morgan fingerprint density at radius 1 is 0.875 bits per heavy atom. The van der Waals surface area contributed by atoms with Crippen LogP contribution in [0.3, 0.4) is 0 Å². The minimum atomic E-state index is 0.433. The van der Waals surface area contributed by atoms with E-state index in [1.807, 2.05) is 6.07 Å². The zero-order chi connectivity index (χ0) is 21.6. The molecule has 164 valence electrons. The molecule has 0 bridgehead atoms. The van der Waals surface area contributed by atoms with Crippen LogP contribution in [0.1, 0.15) is 18.4 Å². The number of aromatic nitrogens is 4. The first-order valence-corrected chi connectivity index (χ1v) is 11.3. The Labute approximate surface area is 188 Å². The molecule has 0 saturated carbocycles. The number of hydrogen-bond donors (Lipinski definition) is 2. The highest BCUT2D eigenvalue weighted by molar-refractivity contribution is 5.78. The lowest BCUT2D eigenvalue weighted by Crippen LogP contribution is -2.41. The van der Waals surface area contributed by atoms with Gasteiger partial charge in [-0.25, -0.2) is 15.0 Å². The Morgan fingerprint density at radius 2 is 1.62 bits per heavy atom. The van der Waals surface area contributed by atoms with Gasteiger partial charge in [0.2, 0.25) is 11.9 Å². The van der Waals surface area contributed by atoms with Crippen molar-refractivity contribution in [2.45, 2.75) is 25.4 Å². The number of imidazole rings is 1. The summed E-state index contributed by atoms with van der Waals surface area (Å²) in [6.07, 6.45) is 5.74. The van der Waals surface area contributed by atoms with Gasteiger partial charge in [-0.15, -0.1) is 0 Å². The maximum Gasteiger partial charge on any atom is 0.222 e. The molecule has 0 atom stereocenters.